The maximum atomic E-state index is 10.8. The average molecular weight is 304 g/mol. The third kappa shape index (κ3) is 2.72. The van der Waals surface area contributed by atoms with E-state index >= 15 is 0 Å². The topological polar surface area (TPSA) is 52.4 Å². The molecule has 108 valence electrons. The monoisotopic (exact) mass is 303 g/mol. The second kappa shape index (κ2) is 5.74. The number of hydrogen-bond donors (Lipinski definition) is 0. The van der Waals surface area contributed by atoms with Crippen LogP contribution in [0.4, 0.5) is 5.69 Å². The number of non-ortho nitro benzene ring substituents is 1. The van der Waals surface area contributed by atoms with Crippen molar-refractivity contribution in [1.29, 1.82) is 0 Å². The number of hydrogen-bond acceptors (Lipinski definition) is 3. The van der Waals surface area contributed by atoms with Gasteiger partial charge in [0.15, 0.2) is 0 Å². The van der Waals surface area contributed by atoms with E-state index in [-0.39, 0.29) is 11.6 Å². The Hall–Kier alpha value is -2.07. The minimum Gasteiger partial charge on any atom is -0.493 e. The van der Waals surface area contributed by atoms with Crippen molar-refractivity contribution in [3.63, 3.8) is 0 Å². The summed E-state index contributed by atoms with van der Waals surface area (Å²) < 4.78 is 5.82. The minimum atomic E-state index is -0.429. The molecule has 0 saturated carbocycles. The Morgan fingerprint density at radius 2 is 2.10 bits per heavy atom. The van der Waals surface area contributed by atoms with E-state index in [1.807, 2.05) is 12.1 Å². The molecular formula is C16H14ClNO3. The van der Waals surface area contributed by atoms with Crippen LogP contribution in [0, 0.1) is 10.1 Å². The van der Waals surface area contributed by atoms with Crippen molar-refractivity contribution in [3.05, 3.63) is 69.3 Å². The molecule has 4 nitrogen and oxygen atoms in total. The lowest BCUT2D eigenvalue weighted by Crippen LogP contribution is -2.23. The molecular weight excluding hydrogens is 290 g/mol. The average Bonchev–Trinajstić information content (AvgIpc) is 2.48. The molecule has 5 heteroatoms. The Kier molecular flexibility index (Phi) is 3.80. The summed E-state index contributed by atoms with van der Waals surface area (Å²) in [5.41, 5.74) is 3.38. The zero-order chi connectivity index (χ0) is 14.8. The fourth-order valence-electron chi connectivity index (χ4n) is 2.63. The van der Waals surface area contributed by atoms with Crippen molar-refractivity contribution in [2.24, 2.45) is 0 Å². The number of fused-ring (bicyclic) bond motifs is 1. The van der Waals surface area contributed by atoms with E-state index in [9.17, 15) is 10.1 Å². The van der Waals surface area contributed by atoms with Crippen LogP contribution in [-0.2, 0) is 12.3 Å². The molecule has 0 N–H and O–H groups in total. The fraction of sp³-hybridized carbons (Fsp3) is 0.250. The molecule has 3 rings (SSSR count). The molecule has 0 fully saturated rings. The Bertz CT molecular complexity index is 687. The van der Waals surface area contributed by atoms with Gasteiger partial charge in [0, 0.05) is 23.6 Å². The lowest BCUT2D eigenvalue weighted by molar-refractivity contribution is -0.384. The third-order valence-electron chi connectivity index (χ3n) is 3.80. The summed E-state index contributed by atoms with van der Waals surface area (Å²) in [7, 11) is 0. The lowest BCUT2D eigenvalue weighted by Gasteiger charge is -2.30. The van der Waals surface area contributed by atoms with Gasteiger partial charge in [-0.15, -0.1) is 11.6 Å². The van der Waals surface area contributed by atoms with Gasteiger partial charge in [-0.25, -0.2) is 0 Å². The molecule has 0 spiro atoms. The molecule has 0 bridgehead atoms. The predicted molar refractivity (Wildman–Crippen MR) is 81.0 cm³/mol. The number of nitro groups is 1. The predicted octanol–water partition coefficient (Wildman–Crippen LogP) is 4.05. The Labute approximate surface area is 127 Å². The van der Waals surface area contributed by atoms with Crippen LogP contribution in [0.3, 0.4) is 0 Å². The summed E-state index contributed by atoms with van der Waals surface area (Å²) in [6, 6.07) is 12.9. The van der Waals surface area contributed by atoms with Gasteiger partial charge in [0.05, 0.1) is 17.4 Å². The van der Waals surface area contributed by atoms with E-state index in [1.54, 1.807) is 6.07 Å². The lowest BCUT2D eigenvalue weighted by atomic mass is 9.78. The molecule has 0 aliphatic heterocycles. The van der Waals surface area contributed by atoms with Crippen LogP contribution in [0.15, 0.2) is 42.5 Å². The highest BCUT2D eigenvalue weighted by Gasteiger charge is 2.26. The molecule has 1 aliphatic rings. The normalized spacial score (nSPS) is 16.0. The molecule has 0 aromatic heterocycles. The molecule has 21 heavy (non-hydrogen) atoms. The standard InChI is InChI=1S/C16H14ClNO3/c17-9-12-8-14(18(19)20)5-6-16(12)21-10-13-7-11-3-1-2-4-15(11)13/h1-6,8,13H,7,9-10H2. The van der Waals surface area contributed by atoms with E-state index in [4.69, 9.17) is 16.3 Å². The summed E-state index contributed by atoms with van der Waals surface area (Å²) in [6.45, 7) is 0.568. The van der Waals surface area contributed by atoms with Gasteiger partial charge in [-0.3, -0.25) is 10.1 Å². The number of benzene rings is 2. The van der Waals surface area contributed by atoms with Crippen LogP contribution in [-0.4, -0.2) is 11.5 Å². The number of rotatable bonds is 5. The van der Waals surface area contributed by atoms with E-state index in [1.165, 1.54) is 23.3 Å². The van der Waals surface area contributed by atoms with Crippen LogP contribution >= 0.6 is 11.6 Å². The first-order valence-electron chi connectivity index (χ1n) is 6.73. The van der Waals surface area contributed by atoms with Crippen LogP contribution in [0.2, 0.25) is 0 Å². The molecule has 0 saturated heterocycles. The maximum absolute atomic E-state index is 10.8. The van der Waals surface area contributed by atoms with Crippen molar-refractivity contribution < 1.29 is 9.66 Å². The quantitative estimate of drug-likeness (QED) is 0.475. The first-order valence-corrected chi connectivity index (χ1v) is 7.26. The van der Waals surface area contributed by atoms with Gasteiger partial charge in [-0.1, -0.05) is 24.3 Å². The van der Waals surface area contributed by atoms with Crippen molar-refractivity contribution in [2.75, 3.05) is 6.61 Å². The second-order valence-corrected chi connectivity index (χ2v) is 5.36. The van der Waals surface area contributed by atoms with Crippen LogP contribution < -0.4 is 4.74 Å². The minimum absolute atomic E-state index is 0.0342. The molecule has 2 aromatic carbocycles. The van der Waals surface area contributed by atoms with Gasteiger partial charge in [0.25, 0.3) is 5.69 Å². The van der Waals surface area contributed by atoms with Crippen molar-refractivity contribution in [2.45, 2.75) is 18.2 Å². The molecule has 0 heterocycles. The molecule has 1 atom stereocenters. The van der Waals surface area contributed by atoms with Crippen LogP contribution in [0.5, 0.6) is 5.75 Å². The smallest absolute Gasteiger partial charge is 0.270 e. The van der Waals surface area contributed by atoms with Gasteiger partial charge in [0.2, 0.25) is 0 Å². The highest BCUT2D eigenvalue weighted by Crippen LogP contribution is 2.35. The number of halogens is 1. The SMILES string of the molecule is O=[N+]([O-])c1ccc(OCC2Cc3ccccc32)c(CCl)c1. The molecule has 1 aliphatic carbocycles. The van der Waals surface area contributed by atoms with Crippen molar-refractivity contribution in [3.8, 4) is 5.75 Å². The maximum Gasteiger partial charge on any atom is 0.270 e. The zero-order valence-electron chi connectivity index (χ0n) is 11.3. The second-order valence-electron chi connectivity index (χ2n) is 5.09. The van der Waals surface area contributed by atoms with Gasteiger partial charge < -0.3 is 4.74 Å². The Morgan fingerprint density at radius 3 is 2.81 bits per heavy atom. The molecule has 0 radical (unpaired) electrons. The fourth-order valence-corrected chi connectivity index (χ4v) is 2.84. The van der Waals surface area contributed by atoms with Crippen LogP contribution in [0.1, 0.15) is 22.6 Å². The number of nitro benzene ring substituents is 1. The summed E-state index contributed by atoms with van der Waals surface area (Å²) >= 11 is 5.85. The summed E-state index contributed by atoms with van der Waals surface area (Å²) in [5.74, 6) is 1.21. The van der Waals surface area contributed by atoms with Crippen molar-refractivity contribution in [1.82, 2.24) is 0 Å². The van der Waals surface area contributed by atoms with E-state index < -0.39 is 4.92 Å². The largest absolute Gasteiger partial charge is 0.493 e. The van der Waals surface area contributed by atoms with Crippen molar-refractivity contribution >= 4 is 17.3 Å². The summed E-state index contributed by atoms with van der Waals surface area (Å²) in [4.78, 5) is 10.3. The zero-order valence-corrected chi connectivity index (χ0v) is 12.0. The van der Waals surface area contributed by atoms with Gasteiger partial charge in [-0.05, 0) is 23.6 Å². The van der Waals surface area contributed by atoms with Crippen LogP contribution in [0.25, 0.3) is 0 Å². The van der Waals surface area contributed by atoms with Gasteiger partial charge in [-0.2, -0.15) is 0 Å². The number of alkyl halides is 1. The first kappa shape index (κ1) is 13.9. The molecule has 1 unspecified atom stereocenters. The third-order valence-corrected chi connectivity index (χ3v) is 4.09. The van der Waals surface area contributed by atoms with E-state index in [2.05, 4.69) is 12.1 Å². The van der Waals surface area contributed by atoms with Gasteiger partial charge in [0.1, 0.15) is 5.75 Å². The Morgan fingerprint density at radius 1 is 1.29 bits per heavy atom. The Balaban J connectivity index is 1.70. The summed E-state index contributed by atoms with van der Waals surface area (Å²) in [6.07, 6.45) is 1.01. The highest BCUT2D eigenvalue weighted by molar-refractivity contribution is 6.17. The van der Waals surface area contributed by atoms with Gasteiger partial charge >= 0.3 is 0 Å². The van der Waals surface area contributed by atoms with E-state index in [0.29, 0.717) is 23.8 Å². The molecule has 2 aromatic rings. The van der Waals surface area contributed by atoms with E-state index in [0.717, 1.165) is 6.42 Å². The molecule has 0 amide bonds. The number of ether oxygens (including phenoxy) is 1. The number of nitrogens with zero attached hydrogens (tertiary/aromatic N) is 1. The highest BCUT2D eigenvalue weighted by atomic mass is 35.5. The first-order chi connectivity index (χ1) is 10.2. The summed E-state index contributed by atoms with van der Waals surface area (Å²) in [5, 5.41) is 10.8.